The zero-order chi connectivity index (χ0) is 17.6. The SMILES string of the molecule is Cl.Cl.c1ccc(OCCNCC2CCN(c3nc4ccccc4s3)CC2)cc1. The third-order valence-corrected chi connectivity index (χ3v) is 5.99. The molecule has 0 saturated carbocycles. The molecular weight excluding hydrogens is 413 g/mol. The number of hydrogen-bond acceptors (Lipinski definition) is 5. The highest BCUT2D eigenvalue weighted by atomic mass is 35.5. The second-order valence-corrected chi connectivity index (χ2v) is 7.77. The number of piperidine rings is 1. The lowest BCUT2D eigenvalue weighted by Gasteiger charge is -2.31. The van der Waals surface area contributed by atoms with Gasteiger partial charge in [0.05, 0.1) is 10.2 Å². The molecule has 28 heavy (non-hydrogen) atoms. The Morgan fingerprint density at radius 3 is 2.46 bits per heavy atom. The van der Waals surface area contributed by atoms with E-state index in [4.69, 9.17) is 9.72 Å². The quantitative estimate of drug-likeness (QED) is 0.524. The highest BCUT2D eigenvalue weighted by Gasteiger charge is 2.21. The second-order valence-electron chi connectivity index (χ2n) is 6.76. The molecule has 7 heteroatoms. The van der Waals surface area contributed by atoms with Gasteiger partial charge in [-0.1, -0.05) is 41.7 Å². The average molecular weight is 440 g/mol. The molecule has 0 bridgehead atoms. The molecule has 2 aromatic carbocycles. The smallest absolute Gasteiger partial charge is 0.186 e. The fraction of sp³-hybridized carbons (Fsp3) is 0.381. The first-order valence-corrected chi connectivity index (χ1v) is 10.2. The van der Waals surface area contributed by atoms with Gasteiger partial charge in [0.15, 0.2) is 5.13 Å². The molecule has 1 aliphatic heterocycles. The van der Waals surface area contributed by atoms with Gasteiger partial charge >= 0.3 is 0 Å². The van der Waals surface area contributed by atoms with Crippen LogP contribution in [-0.4, -0.2) is 37.8 Å². The summed E-state index contributed by atoms with van der Waals surface area (Å²) in [4.78, 5) is 7.23. The van der Waals surface area contributed by atoms with Gasteiger partial charge in [0.2, 0.25) is 0 Å². The van der Waals surface area contributed by atoms with E-state index < -0.39 is 0 Å². The van der Waals surface area contributed by atoms with Gasteiger partial charge in [-0.3, -0.25) is 0 Å². The largest absolute Gasteiger partial charge is 0.492 e. The molecule has 1 N–H and O–H groups in total. The maximum Gasteiger partial charge on any atom is 0.186 e. The van der Waals surface area contributed by atoms with Crippen LogP contribution in [0.2, 0.25) is 0 Å². The first kappa shape index (κ1) is 22.8. The summed E-state index contributed by atoms with van der Waals surface area (Å²) in [5.74, 6) is 1.69. The summed E-state index contributed by atoms with van der Waals surface area (Å²) in [5.41, 5.74) is 1.12. The van der Waals surface area contributed by atoms with Crippen LogP contribution in [0.3, 0.4) is 0 Å². The Morgan fingerprint density at radius 1 is 1.00 bits per heavy atom. The van der Waals surface area contributed by atoms with E-state index in [0.29, 0.717) is 6.61 Å². The molecule has 1 aromatic heterocycles. The number of anilines is 1. The lowest BCUT2D eigenvalue weighted by Crippen LogP contribution is -2.38. The van der Waals surface area contributed by atoms with Crippen LogP contribution < -0.4 is 15.0 Å². The van der Waals surface area contributed by atoms with Crippen molar-refractivity contribution in [3.63, 3.8) is 0 Å². The molecule has 0 aliphatic carbocycles. The van der Waals surface area contributed by atoms with E-state index in [2.05, 4.69) is 34.5 Å². The Labute approximate surface area is 183 Å². The molecule has 1 fully saturated rings. The summed E-state index contributed by atoms with van der Waals surface area (Å²) in [6, 6.07) is 18.4. The highest BCUT2D eigenvalue weighted by molar-refractivity contribution is 7.22. The zero-order valence-corrected chi connectivity index (χ0v) is 18.2. The number of thiazole rings is 1. The Kier molecular flexibility index (Phi) is 9.32. The fourth-order valence-corrected chi connectivity index (χ4v) is 4.40. The average Bonchev–Trinajstić information content (AvgIpc) is 3.13. The Hall–Kier alpha value is -1.53. The Morgan fingerprint density at radius 2 is 1.71 bits per heavy atom. The summed E-state index contributed by atoms with van der Waals surface area (Å²) in [6.07, 6.45) is 2.45. The van der Waals surface area contributed by atoms with Crippen LogP contribution in [0.15, 0.2) is 54.6 Å². The van der Waals surface area contributed by atoms with Crippen LogP contribution in [0.5, 0.6) is 5.75 Å². The molecule has 0 amide bonds. The van der Waals surface area contributed by atoms with Gasteiger partial charge in [0, 0.05) is 19.6 Å². The standard InChI is InChI=1S/C21H25N3OS.2ClH/c1-2-6-18(7-3-1)25-15-12-22-16-17-10-13-24(14-11-17)21-23-19-8-4-5-9-20(19)26-21;;/h1-9,17,22H,10-16H2;2*1H. The Bertz CT molecular complexity index is 790. The van der Waals surface area contributed by atoms with Gasteiger partial charge in [-0.05, 0) is 49.6 Å². The minimum absolute atomic E-state index is 0. The maximum atomic E-state index is 5.72. The first-order chi connectivity index (χ1) is 12.9. The molecule has 4 nitrogen and oxygen atoms in total. The number of fused-ring (bicyclic) bond motifs is 1. The van der Waals surface area contributed by atoms with Crippen molar-refractivity contribution in [2.24, 2.45) is 5.92 Å². The summed E-state index contributed by atoms with van der Waals surface area (Å²) in [5, 5.41) is 4.72. The highest BCUT2D eigenvalue weighted by Crippen LogP contribution is 2.31. The third-order valence-electron chi connectivity index (χ3n) is 4.89. The normalized spacial score (nSPS) is 14.4. The summed E-state index contributed by atoms with van der Waals surface area (Å²) >= 11 is 1.81. The molecule has 4 rings (SSSR count). The zero-order valence-electron chi connectivity index (χ0n) is 15.8. The van der Waals surface area contributed by atoms with Crippen molar-refractivity contribution < 1.29 is 4.74 Å². The maximum absolute atomic E-state index is 5.72. The number of halogens is 2. The van der Waals surface area contributed by atoms with E-state index in [9.17, 15) is 0 Å². The van der Waals surface area contributed by atoms with Crippen molar-refractivity contribution in [2.45, 2.75) is 12.8 Å². The third kappa shape index (κ3) is 5.98. The molecule has 0 spiro atoms. The molecule has 0 radical (unpaired) electrons. The van der Waals surface area contributed by atoms with Gasteiger partial charge < -0.3 is 15.0 Å². The number of ether oxygens (including phenoxy) is 1. The van der Waals surface area contributed by atoms with Crippen LogP contribution in [0.4, 0.5) is 5.13 Å². The topological polar surface area (TPSA) is 37.4 Å². The van der Waals surface area contributed by atoms with Crippen molar-refractivity contribution in [1.29, 1.82) is 0 Å². The van der Waals surface area contributed by atoms with E-state index in [1.165, 1.54) is 22.7 Å². The predicted molar refractivity (Wildman–Crippen MR) is 124 cm³/mol. The monoisotopic (exact) mass is 439 g/mol. The minimum Gasteiger partial charge on any atom is -0.492 e. The first-order valence-electron chi connectivity index (χ1n) is 9.37. The van der Waals surface area contributed by atoms with Crippen molar-refractivity contribution in [3.05, 3.63) is 54.6 Å². The van der Waals surface area contributed by atoms with E-state index in [1.807, 2.05) is 41.7 Å². The van der Waals surface area contributed by atoms with Gasteiger partial charge in [-0.2, -0.15) is 0 Å². The molecule has 1 aliphatic rings. The summed E-state index contributed by atoms with van der Waals surface area (Å²) in [6.45, 7) is 4.90. The molecule has 152 valence electrons. The number of nitrogens with zero attached hydrogens (tertiary/aromatic N) is 2. The lowest BCUT2D eigenvalue weighted by molar-refractivity contribution is 0.302. The molecular formula is C21H27Cl2N3OS. The van der Waals surface area contributed by atoms with Crippen LogP contribution >= 0.6 is 36.2 Å². The molecule has 0 unspecified atom stereocenters. The van der Waals surface area contributed by atoms with Gasteiger partial charge in [0.1, 0.15) is 12.4 Å². The summed E-state index contributed by atoms with van der Waals surface area (Å²) < 4.78 is 7.00. The number of aromatic nitrogens is 1. The lowest BCUT2D eigenvalue weighted by atomic mass is 9.97. The number of hydrogen-bond donors (Lipinski definition) is 1. The van der Waals surface area contributed by atoms with E-state index in [1.54, 1.807) is 0 Å². The van der Waals surface area contributed by atoms with Crippen LogP contribution in [0, 0.1) is 5.92 Å². The van der Waals surface area contributed by atoms with E-state index in [0.717, 1.165) is 43.4 Å². The minimum atomic E-state index is 0. The van der Waals surface area contributed by atoms with Crippen LogP contribution in [-0.2, 0) is 0 Å². The number of benzene rings is 2. The summed E-state index contributed by atoms with van der Waals surface area (Å²) in [7, 11) is 0. The van der Waals surface area contributed by atoms with Gasteiger partial charge in [-0.25, -0.2) is 4.98 Å². The van der Waals surface area contributed by atoms with Crippen molar-refractivity contribution >= 4 is 51.5 Å². The number of para-hydroxylation sites is 2. The van der Waals surface area contributed by atoms with E-state index in [-0.39, 0.29) is 24.8 Å². The van der Waals surface area contributed by atoms with E-state index >= 15 is 0 Å². The predicted octanol–water partition coefficient (Wildman–Crippen LogP) is 5.02. The van der Waals surface area contributed by atoms with Crippen molar-refractivity contribution in [1.82, 2.24) is 10.3 Å². The number of rotatable bonds is 7. The van der Waals surface area contributed by atoms with Crippen molar-refractivity contribution in [3.8, 4) is 5.75 Å². The van der Waals surface area contributed by atoms with Crippen LogP contribution in [0.1, 0.15) is 12.8 Å². The van der Waals surface area contributed by atoms with Gasteiger partial charge in [0.25, 0.3) is 0 Å². The molecule has 2 heterocycles. The molecule has 0 atom stereocenters. The van der Waals surface area contributed by atoms with Crippen LogP contribution in [0.25, 0.3) is 10.2 Å². The number of nitrogens with one attached hydrogen (secondary N) is 1. The second kappa shape index (κ2) is 11.5. The van der Waals surface area contributed by atoms with Crippen molar-refractivity contribution in [2.75, 3.05) is 37.7 Å². The van der Waals surface area contributed by atoms with Gasteiger partial charge in [-0.15, -0.1) is 24.8 Å². The Balaban J connectivity index is 0.00000140. The fourth-order valence-electron chi connectivity index (χ4n) is 3.39. The molecule has 3 aromatic rings. The molecule has 1 saturated heterocycles.